The number of hydrogen-bond acceptors (Lipinski definition) is 3. The Kier molecular flexibility index (Phi) is 5.19. The van der Waals surface area contributed by atoms with E-state index in [1.807, 2.05) is 18.2 Å². The molecule has 0 aliphatic carbocycles. The molecule has 0 bridgehead atoms. The van der Waals surface area contributed by atoms with Crippen LogP contribution in [0.3, 0.4) is 0 Å². The lowest BCUT2D eigenvalue weighted by atomic mass is 9.97. The van der Waals surface area contributed by atoms with Crippen LogP contribution in [0.15, 0.2) is 30.3 Å². The van der Waals surface area contributed by atoms with Crippen LogP contribution in [0, 0.1) is 0 Å². The maximum atomic E-state index is 12.9. The van der Waals surface area contributed by atoms with Crippen molar-refractivity contribution in [1.29, 1.82) is 0 Å². The van der Waals surface area contributed by atoms with Crippen LogP contribution < -0.4 is 0 Å². The lowest BCUT2D eigenvalue weighted by Crippen LogP contribution is -2.50. The third kappa shape index (κ3) is 3.23. The topological polar surface area (TPSA) is 49.9 Å². The van der Waals surface area contributed by atoms with Gasteiger partial charge in [0.2, 0.25) is 0 Å². The zero-order chi connectivity index (χ0) is 15.6. The molecule has 0 spiro atoms. The van der Waals surface area contributed by atoms with Gasteiger partial charge in [0.25, 0.3) is 10.2 Å². The van der Waals surface area contributed by atoms with E-state index in [0.717, 1.165) is 6.42 Å². The fourth-order valence-corrected chi connectivity index (χ4v) is 5.82. The quantitative estimate of drug-likeness (QED) is 0.739. The molecule has 3 rings (SSSR count). The molecule has 2 atom stereocenters. The van der Waals surface area contributed by atoms with Crippen LogP contribution >= 0.6 is 15.9 Å². The molecule has 0 radical (unpaired) electrons. The first-order valence-corrected chi connectivity index (χ1v) is 10.1. The number of rotatable bonds is 4. The van der Waals surface area contributed by atoms with Crippen LogP contribution in [0.25, 0.3) is 0 Å². The van der Waals surface area contributed by atoms with Crippen molar-refractivity contribution >= 4 is 26.1 Å². The molecule has 122 valence electrons. The number of hydrogen-bond donors (Lipinski definition) is 0. The lowest BCUT2D eigenvalue weighted by Gasteiger charge is -2.32. The molecule has 1 aromatic carbocycles. The number of halogens is 1. The van der Waals surface area contributed by atoms with Crippen molar-refractivity contribution < 1.29 is 13.2 Å². The van der Waals surface area contributed by atoms with Crippen LogP contribution in [0.5, 0.6) is 0 Å². The van der Waals surface area contributed by atoms with Gasteiger partial charge in [0.1, 0.15) is 0 Å². The Morgan fingerprint density at radius 1 is 1.18 bits per heavy atom. The van der Waals surface area contributed by atoms with Gasteiger partial charge in [0.05, 0.1) is 13.2 Å². The Morgan fingerprint density at radius 2 is 1.86 bits per heavy atom. The fourth-order valence-electron chi connectivity index (χ4n) is 3.20. The molecule has 0 saturated carbocycles. The highest BCUT2D eigenvalue weighted by atomic mass is 79.9. The van der Waals surface area contributed by atoms with Gasteiger partial charge >= 0.3 is 0 Å². The van der Waals surface area contributed by atoms with E-state index >= 15 is 0 Å². The van der Waals surface area contributed by atoms with Gasteiger partial charge in [0.15, 0.2) is 0 Å². The molecule has 22 heavy (non-hydrogen) atoms. The Hall–Kier alpha value is -0.470. The van der Waals surface area contributed by atoms with E-state index in [2.05, 4.69) is 28.1 Å². The van der Waals surface area contributed by atoms with E-state index in [4.69, 9.17) is 4.74 Å². The van der Waals surface area contributed by atoms with Crippen molar-refractivity contribution in [3.05, 3.63) is 35.9 Å². The largest absolute Gasteiger partial charge is 0.379 e. The highest BCUT2D eigenvalue weighted by Gasteiger charge is 2.42. The predicted octanol–water partition coefficient (Wildman–Crippen LogP) is 1.82. The number of morpholine rings is 1. The molecule has 0 unspecified atom stereocenters. The number of ether oxygens (including phenoxy) is 1. The van der Waals surface area contributed by atoms with Crippen LogP contribution in [0.4, 0.5) is 0 Å². The van der Waals surface area contributed by atoms with Crippen LogP contribution in [-0.4, -0.2) is 61.2 Å². The van der Waals surface area contributed by atoms with Gasteiger partial charge < -0.3 is 4.74 Å². The minimum absolute atomic E-state index is 0.0121. The van der Waals surface area contributed by atoms with Gasteiger partial charge in [-0.15, -0.1) is 0 Å². The second-order valence-electron chi connectivity index (χ2n) is 5.74. The molecule has 2 aliphatic heterocycles. The fraction of sp³-hybridized carbons (Fsp3) is 0.600. The SMILES string of the molecule is O=S(=O)(N1CCOCC1)N1C[C@H](c2ccccc2)C[C@@H]1CBr. The summed E-state index contributed by atoms with van der Waals surface area (Å²) in [7, 11) is -3.41. The minimum atomic E-state index is -3.41. The van der Waals surface area contributed by atoms with Gasteiger partial charge in [-0.05, 0) is 17.9 Å². The monoisotopic (exact) mass is 388 g/mol. The maximum absolute atomic E-state index is 12.9. The van der Waals surface area contributed by atoms with E-state index in [1.54, 1.807) is 8.61 Å². The summed E-state index contributed by atoms with van der Waals surface area (Å²) in [4.78, 5) is 0. The molecule has 2 heterocycles. The summed E-state index contributed by atoms with van der Waals surface area (Å²) < 4.78 is 34.3. The van der Waals surface area contributed by atoms with Crippen molar-refractivity contribution in [1.82, 2.24) is 8.61 Å². The van der Waals surface area contributed by atoms with Gasteiger partial charge in [-0.3, -0.25) is 0 Å². The van der Waals surface area contributed by atoms with E-state index < -0.39 is 10.2 Å². The highest BCUT2D eigenvalue weighted by Crippen LogP contribution is 2.35. The Balaban J connectivity index is 1.80. The van der Waals surface area contributed by atoms with E-state index in [1.165, 1.54) is 5.56 Å². The van der Waals surface area contributed by atoms with Crippen molar-refractivity contribution in [3.8, 4) is 0 Å². The van der Waals surface area contributed by atoms with Gasteiger partial charge in [-0.1, -0.05) is 46.3 Å². The molecule has 1 aromatic rings. The zero-order valence-corrected chi connectivity index (χ0v) is 14.8. The Bertz CT molecular complexity index is 590. The average molecular weight is 389 g/mol. The van der Waals surface area contributed by atoms with Crippen LogP contribution in [0.2, 0.25) is 0 Å². The molecule has 5 nitrogen and oxygen atoms in total. The van der Waals surface area contributed by atoms with Crippen molar-refractivity contribution in [3.63, 3.8) is 0 Å². The number of benzene rings is 1. The minimum Gasteiger partial charge on any atom is -0.379 e. The highest BCUT2D eigenvalue weighted by molar-refractivity contribution is 9.09. The second kappa shape index (κ2) is 6.97. The average Bonchev–Trinajstić information content (AvgIpc) is 3.02. The third-order valence-corrected chi connectivity index (χ3v) is 7.21. The Morgan fingerprint density at radius 3 is 2.50 bits per heavy atom. The van der Waals surface area contributed by atoms with Crippen molar-refractivity contribution in [2.24, 2.45) is 0 Å². The molecule has 7 heteroatoms. The molecule has 2 aliphatic rings. The maximum Gasteiger partial charge on any atom is 0.282 e. The van der Waals surface area contributed by atoms with Crippen molar-refractivity contribution in [2.45, 2.75) is 18.4 Å². The Labute approximate surface area is 140 Å². The molecule has 0 aromatic heterocycles. The van der Waals surface area contributed by atoms with Crippen LogP contribution in [-0.2, 0) is 14.9 Å². The predicted molar refractivity (Wildman–Crippen MR) is 89.4 cm³/mol. The van der Waals surface area contributed by atoms with Crippen molar-refractivity contribution in [2.75, 3.05) is 38.2 Å². The first-order valence-electron chi connectivity index (χ1n) is 7.58. The number of alkyl halides is 1. The standard InChI is InChI=1S/C15H21BrN2O3S/c16-11-15-10-14(13-4-2-1-3-5-13)12-18(15)22(19,20)17-6-8-21-9-7-17/h1-5,14-15H,6-12H2/t14-,15-/m1/s1. The molecule has 0 amide bonds. The summed E-state index contributed by atoms with van der Waals surface area (Å²) >= 11 is 3.48. The summed E-state index contributed by atoms with van der Waals surface area (Å²) in [5.41, 5.74) is 1.22. The summed E-state index contributed by atoms with van der Waals surface area (Å²) in [6.45, 7) is 2.41. The summed E-state index contributed by atoms with van der Waals surface area (Å²) in [5, 5.41) is 0.667. The smallest absolute Gasteiger partial charge is 0.282 e. The van der Waals surface area contributed by atoms with Gasteiger partial charge in [-0.25, -0.2) is 0 Å². The normalized spacial score (nSPS) is 28.0. The van der Waals surface area contributed by atoms with Crippen LogP contribution in [0.1, 0.15) is 17.9 Å². The summed E-state index contributed by atoms with van der Waals surface area (Å²) in [6, 6.07) is 10.2. The summed E-state index contributed by atoms with van der Waals surface area (Å²) in [6.07, 6.45) is 0.860. The molecular weight excluding hydrogens is 368 g/mol. The van der Waals surface area contributed by atoms with E-state index in [-0.39, 0.29) is 12.0 Å². The van der Waals surface area contributed by atoms with E-state index in [9.17, 15) is 8.42 Å². The second-order valence-corrected chi connectivity index (χ2v) is 8.27. The third-order valence-electron chi connectivity index (χ3n) is 4.41. The number of nitrogens with zero attached hydrogens (tertiary/aromatic N) is 2. The molecule has 0 N–H and O–H groups in total. The molecule has 2 fully saturated rings. The van der Waals surface area contributed by atoms with Gasteiger partial charge in [-0.2, -0.15) is 17.0 Å². The first kappa shape index (κ1) is 16.4. The first-order chi connectivity index (χ1) is 10.6. The summed E-state index contributed by atoms with van der Waals surface area (Å²) in [5.74, 6) is 0.263. The van der Waals surface area contributed by atoms with E-state index in [0.29, 0.717) is 38.2 Å². The van der Waals surface area contributed by atoms with Gasteiger partial charge in [0, 0.05) is 31.0 Å². The molecule has 2 saturated heterocycles. The lowest BCUT2D eigenvalue weighted by molar-refractivity contribution is 0.0700. The molecular formula is C15H21BrN2O3S. The zero-order valence-electron chi connectivity index (χ0n) is 12.4.